The highest BCUT2D eigenvalue weighted by Crippen LogP contribution is 2.54. The number of hydrogen-bond donors (Lipinski definition) is 0. The van der Waals surface area contributed by atoms with Crippen molar-refractivity contribution in [1.29, 1.82) is 0 Å². The summed E-state index contributed by atoms with van der Waals surface area (Å²) in [6.45, 7) is 7.56. The van der Waals surface area contributed by atoms with Gasteiger partial charge in [0.25, 0.3) is 0 Å². The Morgan fingerprint density at radius 2 is 1.46 bits per heavy atom. The van der Waals surface area contributed by atoms with Crippen LogP contribution in [0.2, 0.25) is 0 Å². The molecule has 0 atom stereocenters. The first kappa shape index (κ1) is 18.1. The Hall–Kier alpha value is -0.750. The number of morpholine rings is 2. The van der Waals surface area contributed by atoms with Gasteiger partial charge in [0.1, 0.15) is 0 Å². The summed E-state index contributed by atoms with van der Waals surface area (Å²) in [5.74, 6) is 0. The van der Waals surface area contributed by atoms with Crippen molar-refractivity contribution in [3.05, 3.63) is 35.4 Å². The average Bonchev–Trinajstić information content (AvgIpc) is 2.65. The predicted octanol–water partition coefficient (Wildman–Crippen LogP) is 2.33. The lowest BCUT2D eigenvalue weighted by atomic mass is 10.1. The van der Waals surface area contributed by atoms with E-state index < -0.39 is 7.67 Å². The summed E-state index contributed by atoms with van der Waals surface area (Å²) < 4.78 is 34.5. The summed E-state index contributed by atoms with van der Waals surface area (Å²) in [4.78, 5) is 0. The third-order valence-electron chi connectivity index (χ3n) is 4.46. The molecule has 0 unspecified atom stereocenters. The van der Waals surface area contributed by atoms with Crippen LogP contribution in [0.25, 0.3) is 0 Å². The van der Waals surface area contributed by atoms with E-state index in [0.717, 1.165) is 6.42 Å². The van der Waals surface area contributed by atoms with Crippen LogP contribution in [0.4, 0.5) is 0 Å². The van der Waals surface area contributed by atoms with Gasteiger partial charge in [0, 0.05) is 26.2 Å². The van der Waals surface area contributed by atoms with Crippen LogP contribution in [0.15, 0.2) is 24.3 Å². The molecule has 1 aromatic carbocycles. The average molecular weight is 354 g/mol. The third-order valence-corrected chi connectivity index (χ3v) is 7.21. The van der Waals surface area contributed by atoms with Crippen molar-refractivity contribution in [3.8, 4) is 0 Å². The second-order valence-corrected chi connectivity index (χ2v) is 8.56. The van der Waals surface area contributed by atoms with Crippen molar-refractivity contribution < 1.29 is 18.6 Å². The molecule has 0 saturated carbocycles. The van der Waals surface area contributed by atoms with E-state index >= 15 is 0 Å². The molecule has 0 bridgehead atoms. The Labute approximate surface area is 144 Å². The quantitative estimate of drug-likeness (QED) is 0.731. The predicted molar refractivity (Wildman–Crippen MR) is 93.2 cm³/mol. The maximum Gasteiger partial charge on any atom is 0.346 e. The molecule has 2 aliphatic heterocycles. The number of ether oxygens (including phenoxy) is 2. The van der Waals surface area contributed by atoms with Crippen molar-refractivity contribution in [2.45, 2.75) is 13.3 Å². The molecule has 0 spiro atoms. The zero-order chi connectivity index (χ0) is 16.8. The van der Waals surface area contributed by atoms with Crippen LogP contribution in [0.1, 0.15) is 11.1 Å². The van der Waals surface area contributed by atoms with Gasteiger partial charge in [0.2, 0.25) is 0 Å². The Kier molecular flexibility index (Phi) is 6.44. The minimum absolute atomic E-state index is 0.453. The molecule has 2 heterocycles. The lowest BCUT2D eigenvalue weighted by Gasteiger charge is -2.41. The van der Waals surface area contributed by atoms with Crippen molar-refractivity contribution in [2.24, 2.45) is 0 Å². The fraction of sp³-hybridized carbons (Fsp3) is 0.647. The third kappa shape index (κ3) is 4.45. The molecule has 0 amide bonds. The Morgan fingerprint density at radius 1 is 0.958 bits per heavy atom. The normalized spacial score (nSPS) is 21.0. The van der Waals surface area contributed by atoms with Crippen LogP contribution in [-0.4, -0.2) is 68.6 Å². The second-order valence-electron chi connectivity index (χ2n) is 6.19. The van der Waals surface area contributed by atoms with E-state index in [1.54, 1.807) is 0 Å². The van der Waals surface area contributed by atoms with E-state index in [2.05, 4.69) is 31.2 Å². The van der Waals surface area contributed by atoms with Gasteiger partial charge < -0.3 is 14.0 Å². The van der Waals surface area contributed by atoms with E-state index in [9.17, 15) is 4.57 Å². The SMILES string of the molecule is Cc1ccc(CCOP(=O)(N2CCOCC2)N2CCOCC2)cc1. The van der Waals surface area contributed by atoms with Crippen LogP contribution >= 0.6 is 7.67 Å². The van der Waals surface area contributed by atoms with Crippen molar-refractivity contribution in [3.63, 3.8) is 0 Å². The fourth-order valence-electron chi connectivity index (χ4n) is 2.99. The van der Waals surface area contributed by atoms with Crippen LogP contribution in [0.3, 0.4) is 0 Å². The van der Waals surface area contributed by atoms with E-state index in [0.29, 0.717) is 59.2 Å². The molecule has 0 N–H and O–H groups in total. The summed E-state index contributed by atoms with van der Waals surface area (Å²) in [7, 11) is -3.01. The van der Waals surface area contributed by atoms with Gasteiger partial charge in [-0.3, -0.25) is 4.57 Å². The molecule has 2 saturated heterocycles. The summed E-state index contributed by atoms with van der Waals surface area (Å²) in [6.07, 6.45) is 0.763. The highest BCUT2D eigenvalue weighted by Gasteiger charge is 2.40. The Balaban J connectivity index is 1.64. The number of rotatable bonds is 6. The molecule has 6 nitrogen and oxygen atoms in total. The molecule has 1 aromatic rings. The first-order chi connectivity index (χ1) is 11.7. The molecular weight excluding hydrogens is 327 g/mol. The number of aryl methyl sites for hydroxylation is 1. The number of nitrogens with zero attached hydrogens (tertiary/aromatic N) is 2. The lowest BCUT2D eigenvalue weighted by Crippen LogP contribution is -2.43. The molecule has 0 aromatic heterocycles. The fourth-order valence-corrected chi connectivity index (χ4v) is 5.34. The molecule has 7 heteroatoms. The maximum atomic E-state index is 13.7. The maximum absolute atomic E-state index is 13.7. The van der Waals surface area contributed by atoms with Gasteiger partial charge in [-0.05, 0) is 18.9 Å². The summed E-state index contributed by atoms with van der Waals surface area (Å²) in [5.41, 5.74) is 2.45. The van der Waals surface area contributed by atoms with Crippen LogP contribution in [0, 0.1) is 6.92 Å². The largest absolute Gasteiger partial charge is 0.379 e. The molecule has 2 aliphatic rings. The first-order valence-corrected chi connectivity index (χ1v) is 10.2. The molecule has 2 fully saturated rings. The highest BCUT2D eigenvalue weighted by atomic mass is 31.2. The molecule has 134 valence electrons. The van der Waals surface area contributed by atoms with E-state index in [1.165, 1.54) is 11.1 Å². The van der Waals surface area contributed by atoms with Gasteiger partial charge in [0.05, 0.1) is 33.0 Å². The Bertz CT molecular complexity index is 532. The molecule has 3 rings (SSSR count). The van der Waals surface area contributed by atoms with Gasteiger partial charge in [-0.1, -0.05) is 29.8 Å². The molecule has 24 heavy (non-hydrogen) atoms. The summed E-state index contributed by atoms with van der Waals surface area (Å²) in [5, 5.41) is 0. The van der Waals surface area contributed by atoms with Crippen LogP contribution < -0.4 is 0 Å². The smallest absolute Gasteiger partial charge is 0.346 e. The van der Waals surface area contributed by atoms with E-state index in [-0.39, 0.29) is 0 Å². The van der Waals surface area contributed by atoms with Crippen molar-refractivity contribution >= 4 is 7.67 Å². The minimum Gasteiger partial charge on any atom is -0.379 e. The van der Waals surface area contributed by atoms with Gasteiger partial charge >= 0.3 is 7.67 Å². The van der Waals surface area contributed by atoms with Crippen LogP contribution in [-0.2, 0) is 25.0 Å². The van der Waals surface area contributed by atoms with Gasteiger partial charge in [-0.15, -0.1) is 0 Å². The Morgan fingerprint density at radius 3 is 1.96 bits per heavy atom. The lowest BCUT2D eigenvalue weighted by molar-refractivity contribution is 0.0378. The first-order valence-electron chi connectivity index (χ1n) is 8.65. The van der Waals surface area contributed by atoms with E-state index in [4.69, 9.17) is 14.0 Å². The van der Waals surface area contributed by atoms with Gasteiger partial charge in [-0.2, -0.15) is 0 Å². The number of hydrogen-bond acceptors (Lipinski definition) is 4. The van der Waals surface area contributed by atoms with Gasteiger partial charge in [-0.25, -0.2) is 9.34 Å². The zero-order valence-corrected chi connectivity index (χ0v) is 15.2. The van der Waals surface area contributed by atoms with Crippen molar-refractivity contribution in [2.75, 3.05) is 59.2 Å². The van der Waals surface area contributed by atoms with E-state index in [1.807, 2.05) is 9.34 Å². The zero-order valence-electron chi connectivity index (χ0n) is 14.4. The summed E-state index contributed by atoms with van der Waals surface area (Å²) in [6, 6.07) is 8.40. The standard InChI is InChI=1S/C17H27N2O4P/c1-16-2-4-17(5-3-16)6-11-23-24(20,18-7-12-21-13-8-18)19-9-14-22-15-10-19/h2-5H,6-15H2,1H3. The molecule has 0 aliphatic carbocycles. The minimum atomic E-state index is -3.01. The second kappa shape index (κ2) is 8.56. The van der Waals surface area contributed by atoms with Crippen LogP contribution in [0.5, 0.6) is 0 Å². The van der Waals surface area contributed by atoms with Crippen molar-refractivity contribution in [1.82, 2.24) is 9.34 Å². The number of benzene rings is 1. The monoisotopic (exact) mass is 354 g/mol. The van der Waals surface area contributed by atoms with Gasteiger partial charge in [0.15, 0.2) is 0 Å². The molecular formula is C17H27N2O4P. The topological polar surface area (TPSA) is 51.2 Å². The summed E-state index contributed by atoms with van der Waals surface area (Å²) >= 11 is 0. The highest BCUT2D eigenvalue weighted by molar-refractivity contribution is 7.54. The molecule has 0 radical (unpaired) electrons.